The maximum atomic E-state index is 11.5. The van der Waals surface area contributed by atoms with Gasteiger partial charge in [0.2, 0.25) is 10.0 Å². The van der Waals surface area contributed by atoms with Gasteiger partial charge in [0.1, 0.15) is 0 Å². The minimum absolute atomic E-state index is 0.240. The lowest BCUT2D eigenvalue weighted by molar-refractivity contribution is -0.136. The number of ether oxygens (including phenoxy) is 1. The van der Waals surface area contributed by atoms with E-state index in [-0.39, 0.29) is 5.92 Å². The summed E-state index contributed by atoms with van der Waals surface area (Å²) < 4.78 is 30.5. The molecule has 1 heterocycles. The van der Waals surface area contributed by atoms with E-state index in [1.807, 2.05) is 0 Å². The fourth-order valence-corrected chi connectivity index (χ4v) is 2.43. The van der Waals surface area contributed by atoms with Crippen molar-refractivity contribution in [2.45, 2.75) is 25.0 Å². The maximum absolute atomic E-state index is 11.5. The first kappa shape index (κ1) is 13.4. The molecule has 0 aromatic rings. The first-order valence-electron chi connectivity index (χ1n) is 5.22. The second-order valence-corrected chi connectivity index (χ2v) is 6.02. The van der Waals surface area contributed by atoms with Crippen molar-refractivity contribution in [1.82, 2.24) is 4.72 Å². The molecule has 0 bridgehead atoms. The molecular formula is C9H17NO5S. The lowest BCUT2D eigenvalue weighted by atomic mass is 10.0. The molecule has 7 heteroatoms. The number of aliphatic carboxylic acids is 1. The van der Waals surface area contributed by atoms with E-state index in [0.717, 1.165) is 19.8 Å². The van der Waals surface area contributed by atoms with Crippen molar-refractivity contribution in [2.24, 2.45) is 5.92 Å². The smallest absolute Gasteiger partial charge is 0.323 e. The monoisotopic (exact) mass is 251 g/mol. The lowest BCUT2D eigenvalue weighted by Crippen LogP contribution is -2.40. The van der Waals surface area contributed by atoms with E-state index in [9.17, 15) is 13.2 Å². The summed E-state index contributed by atoms with van der Waals surface area (Å²) in [5.41, 5.74) is 0. The Morgan fingerprint density at radius 1 is 1.50 bits per heavy atom. The van der Waals surface area contributed by atoms with E-state index >= 15 is 0 Å². The number of carboxylic acid groups (broad SMARTS) is 1. The number of carboxylic acids is 1. The van der Waals surface area contributed by atoms with Gasteiger partial charge in [-0.15, -0.1) is 0 Å². The van der Waals surface area contributed by atoms with Crippen molar-refractivity contribution < 1.29 is 23.1 Å². The Hall–Kier alpha value is -0.660. The van der Waals surface area contributed by atoms with Gasteiger partial charge in [-0.05, 0) is 25.7 Å². The molecule has 1 aliphatic rings. The minimum Gasteiger partial charge on any atom is -0.480 e. The van der Waals surface area contributed by atoms with Gasteiger partial charge in [0.25, 0.3) is 0 Å². The highest BCUT2D eigenvalue weighted by Gasteiger charge is 2.28. The van der Waals surface area contributed by atoms with Gasteiger partial charge in [-0.2, -0.15) is 0 Å². The normalized spacial score (nSPS) is 20.6. The van der Waals surface area contributed by atoms with Crippen LogP contribution in [0.2, 0.25) is 0 Å². The van der Waals surface area contributed by atoms with Crippen LogP contribution >= 0.6 is 0 Å². The highest BCUT2D eigenvalue weighted by atomic mass is 32.2. The summed E-state index contributed by atoms with van der Waals surface area (Å²) in [6, 6.07) is 0. The molecule has 2 N–H and O–H groups in total. The Morgan fingerprint density at radius 2 is 2.06 bits per heavy atom. The summed E-state index contributed by atoms with van der Waals surface area (Å²) in [4.78, 5) is 10.6. The van der Waals surface area contributed by atoms with Gasteiger partial charge in [-0.3, -0.25) is 4.79 Å². The summed E-state index contributed by atoms with van der Waals surface area (Å²) >= 11 is 0. The first-order valence-corrected chi connectivity index (χ1v) is 6.77. The first-order chi connectivity index (χ1) is 7.43. The van der Waals surface area contributed by atoms with Gasteiger partial charge in [0.15, 0.2) is 5.25 Å². The molecule has 1 saturated heterocycles. The predicted octanol–water partition coefficient (Wildman–Crippen LogP) is -0.194. The van der Waals surface area contributed by atoms with Crippen LogP contribution < -0.4 is 4.72 Å². The van der Waals surface area contributed by atoms with Crippen molar-refractivity contribution >= 4 is 16.0 Å². The van der Waals surface area contributed by atoms with Crippen LogP contribution in [0.25, 0.3) is 0 Å². The highest BCUT2D eigenvalue weighted by molar-refractivity contribution is 7.90. The van der Waals surface area contributed by atoms with Crippen molar-refractivity contribution in [1.29, 1.82) is 0 Å². The quantitative estimate of drug-likeness (QED) is 0.706. The zero-order valence-corrected chi connectivity index (χ0v) is 10.00. The molecule has 94 valence electrons. The number of hydrogen-bond donors (Lipinski definition) is 2. The molecule has 1 aliphatic heterocycles. The van der Waals surface area contributed by atoms with E-state index in [1.165, 1.54) is 0 Å². The molecule has 0 spiro atoms. The topological polar surface area (TPSA) is 92.7 Å². The van der Waals surface area contributed by atoms with E-state index < -0.39 is 21.2 Å². The zero-order valence-electron chi connectivity index (χ0n) is 9.18. The van der Waals surface area contributed by atoms with Gasteiger partial charge in [0.05, 0.1) is 0 Å². The molecule has 1 unspecified atom stereocenters. The number of carbonyl (C=O) groups is 1. The van der Waals surface area contributed by atoms with Gasteiger partial charge in [0, 0.05) is 19.8 Å². The van der Waals surface area contributed by atoms with Crippen LogP contribution in [0.3, 0.4) is 0 Å². The van der Waals surface area contributed by atoms with E-state index in [4.69, 9.17) is 9.84 Å². The van der Waals surface area contributed by atoms with E-state index in [0.29, 0.717) is 19.8 Å². The van der Waals surface area contributed by atoms with Crippen LogP contribution in [0.5, 0.6) is 0 Å². The van der Waals surface area contributed by atoms with Crippen LogP contribution in [0.15, 0.2) is 0 Å². The molecule has 0 aromatic carbocycles. The van der Waals surface area contributed by atoms with Gasteiger partial charge in [-0.1, -0.05) is 0 Å². The zero-order chi connectivity index (χ0) is 12.2. The Bertz CT molecular complexity index is 334. The van der Waals surface area contributed by atoms with Crippen LogP contribution in [0.4, 0.5) is 0 Å². The average Bonchev–Trinajstić information content (AvgIpc) is 2.27. The van der Waals surface area contributed by atoms with Crippen LogP contribution in [0.1, 0.15) is 19.8 Å². The fraction of sp³-hybridized carbons (Fsp3) is 0.889. The molecule has 16 heavy (non-hydrogen) atoms. The van der Waals surface area contributed by atoms with E-state index in [2.05, 4.69) is 4.72 Å². The summed E-state index contributed by atoms with van der Waals surface area (Å²) in [5.74, 6) is -1.09. The SMILES string of the molecule is CC(C(=O)O)S(=O)(=O)NCC1CCOCC1. The standard InChI is InChI=1S/C9H17NO5S/c1-7(9(11)12)16(13,14)10-6-8-2-4-15-5-3-8/h7-8,10H,2-6H2,1H3,(H,11,12). The van der Waals surface area contributed by atoms with Gasteiger partial charge < -0.3 is 9.84 Å². The predicted molar refractivity (Wildman–Crippen MR) is 57.6 cm³/mol. The minimum atomic E-state index is -3.75. The average molecular weight is 251 g/mol. The molecule has 0 saturated carbocycles. The molecule has 1 rings (SSSR count). The molecule has 0 aliphatic carbocycles. The van der Waals surface area contributed by atoms with Crippen molar-refractivity contribution in [2.75, 3.05) is 19.8 Å². The molecule has 1 fully saturated rings. The number of sulfonamides is 1. The molecule has 1 atom stereocenters. The van der Waals surface area contributed by atoms with Crippen molar-refractivity contribution in [3.8, 4) is 0 Å². The Morgan fingerprint density at radius 3 is 2.56 bits per heavy atom. The largest absolute Gasteiger partial charge is 0.480 e. The van der Waals surface area contributed by atoms with E-state index in [1.54, 1.807) is 0 Å². The Kier molecular flexibility index (Phi) is 4.69. The number of hydrogen-bond acceptors (Lipinski definition) is 4. The Balaban J connectivity index is 2.44. The van der Waals surface area contributed by atoms with Crippen LogP contribution in [0, 0.1) is 5.92 Å². The summed E-state index contributed by atoms with van der Waals surface area (Å²) in [6.45, 7) is 2.74. The highest BCUT2D eigenvalue weighted by Crippen LogP contribution is 2.14. The summed E-state index contributed by atoms with van der Waals surface area (Å²) in [7, 11) is -3.75. The lowest BCUT2D eigenvalue weighted by Gasteiger charge is -2.22. The summed E-state index contributed by atoms with van der Waals surface area (Å²) in [6.07, 6.45) is 1.62. The van der Waals surface area contributed by atoms with Gasteiger partial charge >= 0.3 is 5.97 Å². The molecule has 0 amide bonds. The Labute approximate surface area is 95.0 Å². The van der Waals surface area contributed by atoms with Crippen LogP contribution in [-0.4, -0.2) is 44.5 Å². The second-order valence-electron chi connectivity index (χ2n) is 3.93. The number of nitrogens with one attached hydrogen (secondary N) is 1. The van der Waals surface area contributed by atoms with Crippen molar-refractivity contribution in [3.05, 3.63) is 0 Å². The molecule has 0 aromatic heterocycles. The molecular weight excluding hydrogens is 234 g/mol. The third-order valence-electron chi connectivity index (χ3n) is 2.73. The second kappa shape index (κ2) is 5.60. The molecule has 6 nitrogen and oxygen atoms in total. The number of rotatable bonds is 5. The third kappa shape index (κ3) is 3.73. The molecule has 0 radical (unpaired) electrons. The summed E-state index contributed by atoms with van der Waals surface area (Å²) in [5, 5.41) is 7.21. The fourth-order valence-electron chi connectivity index (χ4n) is 1.44. The van der Waals surface area contributed by atoms with Crippen LogP contribution in [-0.2, 0) is 19.6 Å². The maximum Gasteiger partial charge on any atom is 0.323 e. The van der Waals surface area contributed by atoms with Crippen molar-refractivity contribution in [3.63, 3.8) is 0 Å². The van der Waals surface area contributed by atoms with Gasteiger partial charge in [-0.25, -0.2) is 13.1 Å². The third-order valence-corrected chi connectivity index (χ3v) is 4.43.